The highest BCUT2D eigenvalue weighted by molar-refractivity contribution is 5.95. The number of carbonyl (C=O) groups is 1. The van der Waals surface area contributed by atoms with Crippen LogP contribution in [0.5, 0.6) is 5.75 Å². The van der Waals surface area contributed by atoms with E-state index in [-0.39, 0.29) is 11.9 Å². The third-order valence-corrected chi connectivity index (χ3v) is 3.11. The molecule has 110 valence electrons. The largest absolute Gasteiger partial charge is 0.494 e. The molecule has 0 radical (unpaired) electrons. The Balaban J connectivity index is 1.88. The van der Waals surface area contributed by atoms with Gasteiger partial charge in [-0.25, -0.2) is 0 Å². The molecule has 5 nitrogen and oxygen atoms in total. The van der Waals surface area contributed by atoms with Gasteiger partial charge >= 0.3 is 0 Å². The van der Waals surface area contributed by atoms with Crippen molar-refractivity contribution in [3.63, 3.8) is 0 Å². The topological polar surface area (TPSA) is 59.6 Å². The molecular weight excluding hydrogens is 256 g/mol. The Morgan fingerprint density at radius 1 is 1.55 bits per heavy atom. The molecule has 1 unspecified atom stereocenters. The minimum atomic E-state index is -0.284. The van der Waals surface area contributed by atoms with Crippen LogP contribution in [0, 0.1) is 0 Å². The average Bonchev–Trinajstić information content (AvgIpc) is 2.49. The van der Waals surface area contributed by atoms with Crippen LogP contribution in [-0.2, 0) is 9.53 Å². The summed E-state index contributed by atoms with van der Waals surface area (Å²) in [6.07, 6.45) is 2.13. The van der Waals surface area contributed by atoms with Crippen LogP contribution in [-0.4, -0.2) is 38.3 Å². The molecule has 1 heterocycles. The molecule has 1 aromatic carbocycles. The second-order valence-corrected chi connectivity index (χ2v) is 4.80. The van der Waals surface area contributed by atoms with Crippen LogP contribution < -0.4 is 15.4 Å². The van der Waals surface area contributed by atoms with Gasteiger partial charge in [0.15, 0.2) is 0 Å². The molecule has 1 saturated heterocycles. The summed E-state index contributed by atoms with van der Waals surface area (Å²) in [5.41, 5.74) is 0.747. The monoisotopic (exact) mass is 278 g/mol. The first-order valence-electron chi connectivity index (χ1n) is 7.14. The Morgan fingerprint density at radius 2 is 2.45 bits per heavy atom. The van der Waals surface area contributed by atoms with Crippen LogP contribution >= 0.6 is 0 Å². The van der Waals surface area contributed by atoms with Gasteiger partial charge in [-0.15, -0.1) is 0 Å². The predicted molar refractivity (Wildman–Crippen MR) is 78.1 cm³/mol. The molecule has 20 heavy (non-hydrogen) atoms. The molecule has 2 N–H and O–H groups in total. The molecule has 1 amide bonds. The van der Waals surface area contributed by atoms with Crippen LogP contribution in [0.4, 0.5) is 5.69 Å². The van der Waals surface area contributed by atoms with E-state index in [1.807, 2.05) is 24.3 Å². The van der Waals surface area contributed by atoms with Gasteiger partial charge in [0.25, 0.3) is 0 Å². The lowest BCUT2D eigenvalue weighted by Gasteiger charge is -2.23. The molecule has 0 bridgehead atoms. The van der Waals surface area contributed by atoms with Gasteiger partial charge in [-0.3, -0.25) is 4.79 Å². The summed E-state index contributed by atoms with van der Waals surface area (Å²) in [6, 6.07) is 7.19. The SMILES string of the molecule is CCCCOc1cccc(NC(=O)C2COCCN2)c1. The van der Waals surface area contributed by atoms with Gasteiger partial charge < -0.3 is 20.1 Å². The van der Waals surface area contributed by atoms with Gasteiger partial charge in [0.05, 0.1) is 19.8 Å². The standard InChI is InChI=1S/C15H22N2O3/c1-2-3-8-20-13-6-4-5-12(10-13)17-15(18)14-11-19-9-7-16-14/h4-6,10,14,16H,2-3,7-9,11H2,1H3,(H,17,18). The first-order chi connectivity index (χ1) is 9.79. The fourth-order valence-corrected chi connectivity index (χ4v) is 1.96. The Labute approximate surface area is 119 Å². The maximum Gasteiger partial charge on any atom is 0.243 e. The molecule has 1 atom stereocenters. The lowest BCUT2D eigenvalue weighted by Crippen LogP contribution is -2.48. The van der Waals surface area contributed by atoms with Crippen molar-refractivity contribution < 1.29 is 14.3 Å². The first kappa shape index (κ1) is 14.8. The van der Waals surface area contributed by atoms with Crippen molar-refractivity contribution in [1.82, 2.24) is 5.32 Å². The van der Waals surface area contributed by atoms with Crippen LogP contribution in [0.25, 0.3) is 0 Å². The fourth-order valence-electron chi connectivity index (χ4n) is 1.96. The number of anilines is 1. The number of benzene rings is 1. The number of nitrogens with one attached hydrogen (secondary N) is 2. The summed E-state index contributed by atoms with van der Waals surface area (Å²) >= 11 is 0. The highest BCUT2D eigenvalue weighted by Crippen LogP contribution is 2.18. The van der Waals surface area contributed by atoms with Crippen LogP contribution in [0.1, 0.15) is 19.8 Å². The minimum absolute atomic E-state index is 0.0737. The Kier molecular flexibility index (Phi) is 5.83. The molecule has 0 aliphatic carbocycles. The van der Waals surface area contributed by atoms with Crippen LogP contribution in [0.2, 0.25) is 0 Å². The van der Waals surface area contributed by atoms with Crippen molar-refractivity contribution in [3.8, 4) is 5.75 Å². The minimum Gasteiger partial charge on any atom is -0.494 e. The van der Waals surface area contributed by atoms with Gasteiger partial charge in [-0.2, -0.15) is 0 Å². The van der Waals surface area contributed by atoms with Crippen molar-refractivity contribution in [2.75, 3.05) is 31.7 Å². The fraction of sp³-hybridized carbons (Fsp3) is 0.533. The van der Waals surface area contributed by atoms with E-state index in [4.69, 9.17) is 9.47 Å². The summed E-state index contributed by atoms with van der Waals surface area (Å²) in [7, 11) is 0. The highest BCUT2D eigenvalue weighted by Gasteiger charge is 2.21. The average molecular weight is 278 g/mol. The van der Waals surface area contributed by atoms with Crippen molar-refractivity contribution in [3.05, 3.63) is 24.3 Å². The zero-order valence-electron chi connectivity index (χ0n) is 11.9. The van der Waals surface area contributed by atoms with Gasteiger partial charge in [0.2, 0.25) is 5.91 Å². The van der Waals surface area contributed by atoms with Crippen molar-refractivity contribution in [2.24, 2.45) is 0 Å². The molecule has 0 spiro atoms. The summed E-state index contributed by atoms with van der Waals surface area (Å²) in [5, 5.41) is 6.01. The maximum atomic E-state index is 12.0. The molecular formula is C15H22N2O3. The Morgan fingerprint density at radius 3 is 3.20 bits per heavy atom. The molecule has 0 saturated carbocycles. The van der Waals surface area contributed by atoms with E-state index < -0.39 is 0 Å². The summed E-state index contributed by atoms with van der Waals surface area (Å²) in [6.45, 7) is 4.60. The van der Waals surface area contributed by atoms with Gasteiger partial charge in [-0.05, 0) is 18.6 Å². The third kappa shape index (κ3) is 4.51. The van der Waals surface area contributed by atoms with Gasteiger partial charge in [-0.1, -0.05) is 19.4 Å². The lowest BCUT2D eigenvalue weighted by molar-refractivity contribution is -0.120. The number of ether oxygens (including phenoxy) is 2. The predicted octanol–water partition coefficient (Wildman–Crippen LogP) is 1.79. The second kappa shape index (κ2) is 7.87. The maximum absolute atomic E-state index is 12.0. The molecule has 1 aliphatic rings. The smallest absolute Gasteiger partial charge is 0.243 e. The zero-order chi connectivity index (χ0) is 14.2. The first-order valence-corrected chi connectivity index (χ1v) is 7.14. The molecule has 2 rings (SSSR count). The van der Waals surface area contributed by atoms with E-state index in [0.717, 1.165) is 24.3 Å². The van der Waals surface area contributed by atoms with Crippen molar-refractivity contribution in [1.29, 1.82) is 0 Å². The van der Waals surface area contributed by atoms with E-state index in [2.05, 4.69) is 17.6 Å². The van der Waals surface area contributed by atoms with E-state index in [0.29, 0.717) is 26.4 Å². The van der Waals surface area contributed by atoms with E-state index in [9.17, 15) is 4.79 Å². The van der Waals surface area contributed by atoms with Crippen LogP contribution in [0.3, 0.4) is 0 Å². The van der Waals surface area contributed by atoms with E-state index >= 15 is 0 Å². The third-order valence-electron chi connectivity index (χ3n) is 3.11. The van der Waals surface area contributed by atoms with E-state index in [1.165, 1.54) is 0 Å². The highest BCUT2D eigenvalue weighted by atomic mass is 16.5. The molecule has 1 aliphatic heterocycles. The van der Waals surface area contributed by atoms with Crippen molar-refractivity contribution in [2.45, 2.75) is 25.8 Å². The van der Waals surface area contributed by atoms with Crippen LogP contribution in [0.15, 0.2) is 24.3 Å². The number of carbonyl (C=O) groups excluding carboxylic acids is 1. The number of hydrogen-bond donors (Lipinski definition) is 2. The molecule has 1 aromatic rings. The van der Waals surface area contributed by atoms with Gasteiger partial charge in [0.1, 0.15) is 11.8 Å². The second-order valence-electron chi connectivity index (χ2n) is 4.80. The van der Waals surface area contributed by atoms with Gasteiger partial charge in [0, 0.05) is 18.3 Å². The van der Waals surface area contributed by atoms with E-state index in [1.54, 1.807) is 0 Å². The Hall–Kier alpha value is -1.59. The molecule has 0 aromatic heterocycles. The zero-order valence-corrected chi connectivity index (χ0v) is 11.9. The van der Waals surface area contributed by atoms with Crippen molar-refractivity contribution >= 4 is 11.6 Å². The normalized spacial score (nSPS) is 18.6. The number of amides is 1. The number of hydrogen-bond acceptors (Lipinski definition) is 4. The summed E-state index contributed by atoms with van der Waals surface area (Å²) in [4.78, 5) is 12.0. The quantitative estimate of drug-likeness (QED) is 0.779. The summed E-state index contributed by atoms with van der Waals surface area (Å²) < 4.78 is 10.9. The Bertz CT molecular complexity index is 431. The molecule has 5 heteroatoms. The number of unbranched alkanes of at least 4 members (excludes halogenated alkanes) is 1. The number of morpholine rings is 1. The lowest BCUT2D eigenvalue weighted by atomic mass is 10.2. The molecule has 1 fully saturated rings. The number of rotatable bonds is 6. The summed E-state index contributed by atoms with van der Waals surface area (Å²) in [5.74, 6) is 0.708.